The predicted molar refractivity (Wildman–Crippen MR) is 116 cm³/mol. The molecule has 0 atom stereocenters. The van der Waals surface area contributed by atoms with Gasteiger partial charge in [0, 0.05) is 25.2 Å². The lowest BCUT2D eigenvalue weighted by atomic mass is 10.2. The molecule has 0 spiro atoms. The van der Waals surface area contributed by atoms with Gasteiger partial charge in [0.2, 0.25) is 0 Å². The van der Waals surface area contributed by atoms with Crippen LogP contribution in [-0.2, 0) is 4.79 Å². The SMILES string of the molecule is COc1ccc(/C=C2/SC(=O)N(CCNC(=O)c3cc([N+](=O)[O-])ccc3Cl)C2=O)cc1. The molecule has 0 saturated carbocycles. The number of nitro benzene ring substituents is 1. The van der Waals surface area contributed by atoms with Crippen molar-refractivity contribution in [1.29, 1.82) is 0 Å². The van der Waals surface area contributed by atoms with Crippen LogP contribution in [0.4, 0.5) is 10.5 Å². The number of nitro groups is 1. The molecule has 3 amide bonds. The fourth-order valence-electron chi connectivity index (χ4n) is 2.72. The van der Waals surface area contributed by atoms with Crippen LogP contribution in [0.3, 0.4) is 0 Å². The third-order valence-electron chi connectivity index (χ3n) is 4.31. The van der Waals surface area contributed by atoms with Crippen molar-refractivity contribution < 1.29 is 24.0 Å². The Balaban J connectivity index is 1.62. The Kier molecular flexibility index (Phi) is 6.93. The molecule has 160 valence electrons. The largest absolute Gasteiger partial charge is 0.497 e. The second-order valence-corrected chi connectivity index (χ2v) is 7.68. The lowest BCUT2D eigenvalue weighted by Crippen LogP contribution is -2.37. The molecular formula is C20H16ClN3O6S. The quantitative estimate of drug-likeness (QED) is 0.379. The lowest BCUT2D eigenvalue weighted by molar-refractivity contribution is -0.384. The van der Waals surface area contributed by atoms with Crippen LogP contribution in [0.5, 0.6) is 5.75 Å². The van der Waals surface area contributed by atoms with Gasteiger partial charge < -0.3 is 10.1 Å². The number of carbonyl (C=O) groups excluding carboxylic acids is 3. The first kappa shape index (κ1) is 22.3. The summed E-state index contributed by atoms with van der Waals surface area (Å²) in [5.41, 5.74) is 0.397. The van der Waals surface area contributed by atoms with Crippen LogP contribution >= 0.6 is 23.4 Å². The molecule has 1 saturated heterocycles. The van der Waals surface area contributed by atoms with Gasteiger partial charge in [0.25, 0.3) is 22.7 Å². The Labute approximate surface area is 186 Å². The van der Waals surface area contributed by atoms with Crippen LogP contribution in [-0.4, -0.2) is 47.1 Å². The van der Waals surface area contributed by atoms with Crippen molar-refractivity contribution in [3.8, 4) is 5.75 Å². The summed E-state index contributed by atoms with van der Waals surface area (Å²) in [7, 11) is 1.55. The van der Waals surface area contributed by atoms with Crippen molar-refractivity contribution in [3.63, 3.8) is 0 Å². The summed E-state index contributed by atoms with van der Waals surface area (Å²) < 4.78 is 5.08. The highest BCUT2D eigenvalue weighted by molar-refractivity contribution is 8.18. The van der Waals surface area contributed by atoms with Crippen molar-refractivity contribution in [3.05, 3.63) is 73.6 Å². The molecule has 1 aliphatic rings. The van der Waals surface area contributed by atoms with E-state index in [1.807, 2.05) is 0 Å². The Morgan fingerprint density at radius 1 is 1.26 bits per heavy atom. The van der Waals surface area contributed by atoms with E-state index in [-0.39, 0.29) is 34.3 Å². The second kappa shape index (κ2) is 9.63. The minimum atomic E-state index is -0.644. The van der Waals surface area contributed by atoms with E-state index >= 15 is 0 Å². The molecule has 3 rings (SSSR count). The summed E-state index contributed by atoms with van der Waals surface area (Å²) in [4.78, 5) is 48.6. The number of thioether (sulfide) groups is 1. The van der Waals surface area contributed by atoms with Gasteiger partial charge in [-0.1, -0.05) is 23.7 Å². The molecule has 0 unspecified atom stereocenters. The Bertz CT molecular complexity index is 1090. The molecule has 9 nitrogen and oxygen atoms in total. The number of ether oxygens (including phenoxy) is 1. The van der Waals surface area contributed by atoms with E-state index in [1.165, 1.54) is 12.1 Å². The van der Waals surface area contributed by atoms with E-state index in [0.29, 0.717) is 5.75 Å². The maximum absolute atomic E-state index is 12.5. The van der Waals surface area contributed by atoms with Gasteiger partial charge in [-0.2, -0.15) is 0 Å². The molecule has 2 aromatic carbocycles. The van der Waals surface area contributed by atoms with Gasteiger partial charge in [-0.15, -0.1) is 0 Å². The zero-order chi connectivity index (χ0) is 22.5. The number of halogens is 1. The fraction of sp³-hybridized carbons (Fsp3) is 0.150. The molecule has 2 aromatic rings. The van der Waals surface area contributed by atoms with Crippen molar-refractivity contribution in [2.45, 2.75) is 0 Å². The van der Waals surface area contributed by atoms with E-state index < -0.39 is 22.0 Å². The van der Waals surface area contributed by atoms with Crippen LogP contribution in [0.1, 0.15) is 15.9 Å². The molecule has 0 aromatic heterocycles. The molecule has 1 fully saturated rings. The van der Waals surface area contributed by atoms with Crippen molar-refractivity contribution in [1.82, 2.24) is 10.2 Å². The smallest absolute Gasteiger partial charge is 0.293 e. The average Bonchev–Trinajstić information content (AvgIpc) is 3.01. The summed E-state index contributed by atoms with van der Waals surface area (Å²) >= 11 is 6.75. The van der Waals surface area contributed by atoms with Crippen molar-refractivity contribution in [2.24, 2.45) is 0 Å². The van der Waals surface area contributed by atoms with E-state index in [1.54, 1.807) is 37.5 Å². The number of non-ortho nitro benzene ring substituents is 1. The molecule has 31 heavy (non-hydrogen) atoms. The standard InChI is InChI=1S/C20H16ClN3O6S/c1-30-14-5-2-12(3-6-14)10-17-19(26)23(20(27)31-17)9-8-22-18(25)15-11-13(24(28)29)4-7-16(15)21/h2-7,10-11H,8-9H2,1H3,(H,22,25)/b17-10+. The number of nitrogens with zero attached hydrogens (tertiary/aromatic N) is 2. The Morgan fingerprint density at radius 2 is 1.97 bits per heavy atom. The molecule has 1 N–H and O–H groups in total. The van der Waals surface area contributed by atoms with Gasteiger partial charge in [-0.3, -0.25) is 29.4 Å². The zero-order valence-corrected chi connectivity index (χ0v) is 17.7. The highest BCUT2D eigenvalue weighted by atomic mass is 35.5. The summed E-state index contributed by atoms with van der Waals surface area (Å²) in [6, 6.07) is 10.5. The Morgan fingerprint density at radius 3 is 2.61 bits per heavy atom. The zero-order valence-electron chi connectivity index (χ0n) is 16.2. The van der Waals surface area contributed by atoms with E-state index in [0.717, 1.165) is 28.3 Å². The van der Waals surface area contributed by atoms with Crippen LogP contribution in [0.25, 0.3) is 6.08 Å². The Hall–Kier alpha value is -3.37. The number of benzene rings is 2. The molecule has 0 aliphatic carbocycles. The first-order valence-electron chi connectivity index (χ1n) is 8.91. The van der Waals surface area contributed by atoms with Gasteiger partial charge in [0.05, 0.1) is 27.5 Å². The average molecular weight is 462 g/mol. The number of hydrogen-bond acceptors (Lipinski definition) is 7. The molecule has 1 aliphatic heterocycles. The molecule has 1 heterocycles. The minimum absolute atomic E-state index is 0.0360. The van der Waals surface area contributed by atoms with Gasteiger partial charge >= 0.3 is 0 Å². The van der Waals surface area contributed by atoms with Crippen LogP contribution in [0, 0.1) is 10.1 Å². The third-order valence-corrected chi connectivity index (χ3v) is 5.55. The van der Waals surface area contributed by atoms with Gasteiger partial charge in [-0.25, -0.2) is 0 Å². The number of rotatable bonds is 7. The number of hydrogen-bond donors (Lipinski definition) is 1. The summed E-state index contributed by atoms with van der Waals surface area (Å²) in [5.74, 6) is -0.437. The summed E-state index contributed by atoms with van der Waals surface area (Å²) in [6.45, 7) is -0.0887. The summed E-state index contributed by atoms with van der Waals surface area (Å²) in [5, 5.41) is 13.0. The van der Waals surface area contributed by atoms with Crippen LogP contribution < -0.4 is 10.1 Å². The molecular weight excluding hydrogens is 446 g/mol. The van der Waals surface area contributed by atoms with E-state index in [4.69, 9.17) is 16.3 Å². The number of imide groups is 1. The van der Waals surface area contributed by atoms with Crippen molar-refractivity contribution >= 4 is 52.2 Å². The highest BCUT2D eigenvalue weighted by Crippen LogP contribution is 2.32. The van der Waals surface area contributed by atoms with E-state index in [9.17, 15) is 24.5 Å². The van der Waals surface area contributed by atoms with Gasteiger partial charge in [-0.05, 0) is 41.6 Å². The topological polar surface area (TPSA) is 119 Å². The third kappa shape index (κ3) is 5.22. The van der Waals surface area contributed by atoms with Gasteiger partial charge in [0.15, 0.2) is 0 Å². The highest BCUT2D eigenvalue weighted by Gasteiger charge is 2.34. The monoisotopic (exact) mass is 461 g/mol. The maximum Gasteiger partial charge on any atom is 0.293 e. The number of nitrogens with one attached hydrogen (secondary N) is 1. The first-order chi connectivity index (χ1) is 14.8. The van der Waals surface area contributed by atoms with Gasteiger partial charge in [0.1, 0.15) is 5.75 Å². The fourth-order valence-corrected chi connectivity index (χ4v) is 3.79. The number of amides is 3. The molecule has 0 bridgehead atoms. The van der Waals surface area contributed by atoms with Crippen LogP contribution in [0.2, 0.25) is 5.02 Å². The lowest BCUT2D eigenvalue weighted by Gasteiger charge is -2.13. The number of methoxy groups -OCH3 is 1. The normalized spacial score (nSPS) is 14.8. The summed E-state index contributed by atoms with van der Waals surface area (Å²) in [6.07, 6.45) is 1.60. The maximum atomic E-state index is 12.5. The van der Waals surface area contributed by atoms with E-state index in [2.05, 4.69) is 5.32 Å². The van der Waals surface area contributed by atoms with Crippen LogP contribution in [0.15, 0.2) is 47.4 Å². The predicted octanol–water partition coefficient (Wildman–Crippen LogP) is 3.72. The second-order valence-electron chi connectivity index (χ2n) is 6.28. The number of carbonyl (C=O) groups is 3. The van der Waals surface area contributed by atoms with Crippen molar-refractivity contribution in [2.75, 3.05) is 20.2 Å². The minimum Gasteiger partial charge on any atom is -0.497 e. The molecule has 11 heteroatoms. The molecule has 0 radical (unpaired) electrons. The first-order valence-corrected chi connectivity index (χ1v) is 10.1.